The molecule has 0 spiro atoms. The Bertz CT molecular complexity index is 280. The van der Waals surface area contributed by atoms with Gasteiger partial charge in [-0.2, -0.15) is 0 Å². The van der Waals surface area contributed by atoms with Gasteiger partial charge < -0.3 is 5.32 Å². The maximum absolute atomic E-state index is 3.44. The molecule has 1 aromatic rings. The molecule has 0 aliphatic heterocycles. The van der Waals surface area contributed by atoms with E-state index in [4.69, 9.17) is 0 Å². The molecule has 1 heterocycles. The molecule has 0 saturated heterocycles. The predicted octanol–water partition coefficient (Wildman–Crippen LogP) is 4.02. The molecule has 2 heteroatoms. The molecule has 16 heavy (non-hydrogen) atoms. The number of aryl methyl sites for hydroxylation is 1. The fourth-order valence-corrected chi connectivity index (χ4v) is 2.99. The zero-order chi connectivity index (χ0) is 11.8. The second-order valence-electron chi connectivity index (χ2n) is 4.41. The normalized spacial score (nSPS) is 12.9. The molecule has 1 atom stereocenters. The second kappa shape index (κ2) is 7.86. The van der Waals surface area contributed by atoms with Crippen LogP contribution in [0.15, 0.2) is 12.1 Å². The van der Waals surface area contributed by atoms with E-state index < -0.39 is 0 Å². The number of unbranched alkanes of at least 4 members (excludes halogenated alkanes) is 2. The van der Waals surface area contributed by atoms with Crippen molar-refractivity contribution in [3.8, 4) is 0 Å². The Labute approximate surface area is 104 Å². The molecule has 1 nitrogen and oxygen atoms in total. The van der Waals surface area contributed by atoms with Crippen molar-refractivity contribution in [3.05, 3.63) is 21.9 Å². The lowest BCUT2D eigenvalue weighted by molar-refractivity contribution is 0.492. The van der Waals surface area contributed by atoms with Crippen LogP contribution in [-0.4, -0.2) is 13.1 Å². The topological polar surface area (TPSA) is 12.0 Å². The Morgan fingerprint density at radius 2 is 1.94 bits per heavy atom. The van der Waals surface area contributed by atoms with Crippen LogP contribution in [0.2, 0.25) is 0 Å². The summed E-state index contributed by atoms with van der Waals surface area (Å²) in [7, 11) is 2.09. The van der Waals surface area contributed by atoms with Gasteiger partial charge in [-0.1, -0.05) is 33.1 Å². The smallest absolute Gasteiger partial charge is 0.0112 e. The molecule has 1 aromatic heterocycles. The van der Waals surface area contributed by atoms with Crippen LogP contribution >= 0.6 is 11.3 Å². The maximum atomic E-state index is 3.44. The maximum Gasteiger partial charge on any atom is 0.0112 e. The summed E-state index contributed by atoms with van der Waals surface area (Å²) in [6.07, 6.45) is 7.71. The van der Waals surface area contributed by atoms with Crippen molar-refractivity contribution >= 4 is 11.3 Å². The van der Waals surface area contributed by atoms with E-state index in [1.807, 2.05) is 11.3 Å². The Morgan fingerprint density at radius 1 is 1.19 bits per heavy atom. The number of nitrogens with one attached hydrogen (secondary N) is 1. The summed E-state index contributed by atoms with van der Waals surface area (Å²) in [5.74, 6) is 0. The van der Waals surface area contributed by atoms with Gasteiger partial charge in [0.05, 0.1) is 0 Å². The second-order valence-corrected chi connectivity index (χ2v) is 5.66. The third-order valence-corrected chi connectivity index (χ3v) is 4.33. The van der Waals surface area contributed by atoms with Crippen molar-refractivity contribution in [3.63, 3.8) is 0 Å². The summed E-state index contributed by atoms with van der Waals surface area (Å²) in [5.41, 5.74) is 0. The number of likely N-dealkylation sites (N-methyl/N-ethyl adjacent to an activating group) is 1. The van der Waals surface area contributed by atoms with Crippen molar-refractivity contribution in [1.29, 1.82) is 0 Å². The molecule has 0 radical (unpaired) electrons. The first kappa shape index (κ1) is 13.7. The van der Waals surface area contributed by atoms with E-state index in [-0.39, 0.29) is 0 Å². The lowest BCUT2D eigenvalue weighted by Crippen LogP contribution is -2.27. The van der Waals surface area contributed by atoms with E-state index in [0.717, 1.165) is 0 Å². The lowest BCUT2D eigenvalue weighted by Gasteiger charge is -2.14. The molecule has 0 bridgehead atoms. The van der Waals surface area contributed by atoms with Gasteiger partial charge in [0.15, 0.2) is 0 Å². The Morgan fingerprint density at radius 3 is 2.50 bits per heavy atom. The molecule has 0 amide bonds. The van der Waals surface area contributed by atoms with Gasteiger partial charge in [-0.25, -0.2) is 0 Å². The van der Waals surface area contributed by atoms with Gasteiger partial charge in [-0.05, 0) is 38.4 Å². The quantitative estimate of drug-likeness (QED) is 0.676. The molecule has 1 N–H and O–H groups in total. The zero-order valence-electron chi connectivity index (χ0n) is 10.9. The Kier molecular flexibility index (Phi) is 6.74. The first-order valence-corrected chi connectivity index (χ1v) is 7.36. The van der Waals surface area contributed by atoms with Gasteiger partial charge >= 0.3 is 0 Å². The third kappa shape index (κ3) is 4.67. The van der Waals surface area contributed by atoms with Crippen LogP contribution < -0.4 is 5.32 Å². The van der Waals surface area contributed by atoms with Crippen LogP contribution in [0.5, 0.6) is 0 Å². The molecular weight excluding hydrogens is 214 g/mol. The Hall–Kier alpha value is -0.340. The number of hydrogen-bond donors (Lipinski definition) is 1. The van der Waals surface area contributed by atoms with E-state index in [9.17, 15) is 0 Å². The van der Waals surface area contributed by atoms with Crippen LogP contribution in [0, 0.1) is 0 Å². The highest BCUT2D eigenvalue weighted by Gasteiger charge is 2.08. The minimum atomic E-state index is 0.662. The van der Waals surface area contributed by atoms with Gasteiger partial charge in [0.1, 0.15) is 0 Å². The van der Waals surface area contributed by atoms with E-state index in [2.05, 4.69) is 38.3 Å². The summed E-state index contributed by atoms with van der Waals surface area (Å²) < 4.78 is 0. The van der Waals surface area contributed by atoms with Gasteiger partial charge in [-0.3, -0.25) is 0 Å². The molecule has 1 unspecified atom stereocenters. The van der Waals surface area contributed by atoms with E-state index in [0.29, 0.717) is 6.04 Å². The SMILES string of the molecule is CCCCCC(Cc1ccc(CC)s1)NC. The summed E-state index contributed by atoms with van der Waals surface area (Å²) in [6.45, 7) is 4.49. The van der Waals surface area contributed by atoms with Crippen molar-refractivity contribution in [1.82, 2.24) is 5.32 Å². The van der Waals surface area contributed by atoms with Gasteiger partial charge in [-0.15, -0.1) is 11.3 Å². The van der Waals surface area contributed by atoms with Crippen molar-refractivity contribution < 1.29 is 0 Å². The number of hydrogen-bond acceptors (Lipinski definition) is 2. The van der Waals surface area contributed by atoms with Gasteiger partial charge in [0.2, 0.25) is 0 Å². The molecule has 92 valence electrons. The highest BCUT2D eigenvalue weighted by molar-refractivity contribution is 7.11. The summed E-state index contributed by atoms with van der Waals surface area (Å²) in [5, 5.41) is 3.44. The van der Waals surface area contributed by atoms with Crippen molar-refractivity contribution in [2.24, 2.45) is 0 Å². The fourth-order valence-electron chi connectivity index (χ4n) is 1.95. The minimum Gasteiger partial charge on any atom is -0.317 e. The zero-order valence-corrected chi connectivity index (χ0v) is 11.7. The van der Waals surface area contributed by atoms with Crippen LogP contribution in [0.25, 0.3) is 0 Å². The predicted molar refractivity (Wildman–Crippen MR) is 74.4 cm³/mol. The van der Waals surface area contributed by atoms with Crippen LogP contribution in [0.1, 0.15) is 49.3 Å². The molecule has 0 aliphatic carbocycles. The van der Waals surface area contributed by atoms with Crippen molar-refractivity contribution in [2.75, 3.05) is 7.05 Å². The van der Waals surface area contributed by atoms with E-state index in [1.54, 1.807) is 0 Å². The first-order chi connectivity index (χ1) is 7.80. The average molecular weight is 239 g/mol. The molecule has 1 rings (SSSR count). The lowest BCUT2D eigenvalue weighted by atomic mass is 10.1. The molecule has 0 aromatic carbocycles. The fraction of sp³-hybridized carbons (Fsp3) is 0.714. The molecule has 0 saturated carbocycles. The van der Waals surface area contributed by atoms with Gasteiger partial charge in [0.25, 0.3) is 0 Å². The average Bonchev–Trinajstić information content (AvgIpc) is 2.75. The Balaban J connectivity index is 2.36. The van der Waals surface area contributed by atoms with E-state index >= 15 is 0 Å². The van der Waals surface area contributed by atoms with Crippen LogP contribution in [0.3, 0.4) is 0 Å². The number of thiophene rings is 1. The standard InChI is InChI=1S/C14H25NS/c1-4-6-7-8-12(15-3)11-14-10-9-13(5-2)16-14/h9-10,12,15H,4-8,11H2,1-3H3. The third-order valence-electron chi connectivity index (χ3n) is 3.08. The minimum absolute atomic E-state index is 0.662. The summed E-state index contributed by atoms with van der Waals surface area (Å²) in [6, 6.07) is 5.24. The van der Waals surface area contributed by atoms with Gasteiger partial charge in [0, 0.05) is 15.8 Å². The highest BCUT2D eigenvalue weighted by Crippen LogP contribution is 2.19. The van der Waals surface area contributed by atoms with E-state index in [1.165, 1.54) is 48.3 Å². The van der Waals surface area contributed by atoms with Crippen molar-refractivity contribution in [2.45, 2.75) is 58.4 Å². The molecule has 0 aliphatic rings. The number of rotatable bonds is 8. The highest BCUT2D eigenvalue weighted by atomic mass is 32.1. The first-order valence-electron chi connectivity index (χ1n) is 6.55. The monoisotopic (exact) mass is 239 g/mol. The van der Waals surface area contributed by atoms with Crippen LogP contribution in [-0.2, 0) is 12.8 Å². The summed E-state index contributed by atoms with van der Waals surface area (Å²) in [4.78, 5) is 3.05. The molecule has 0 fully saturated rings. The summed E-state index contributed by atoms with van der Waals surface area (Å²) >= 11 is 1.98. The van der Waals surface area contributed by atoms with Crippen LogP contribution in [0.4, 0.5) is 0 Å². The largest absolute Gasteiger partial charge is 0.317 e. The molecular formula is C14H25NS.